The summed E-state index contributed by atoms with van der Waals surface area (Å²) in [7, 11) is -2.69. The normalized spacial score (nSPS) is 23.6. The highest BCUT2D eigenvalue weighted by atomic mass is 28.3. The maximum Gasteiger partial charge on any atom is 0.100 e. The van der Waals surface area contributed by atoms with Crippen LogP contribution in [0.1, 0.15) is 25.7 Å². The smallest absolute Gasteiger partial charge is 0.100 e. The summed E-state index contributed by atoms with van der Waals surface area (Å²) in [5.41, 5.74) is 9.03. The van der Waals surface area contributed by atoms with E-state index in [0.29, 0.717) is 0 Å². The average molecular weight is 277 g/mol. The van der Waals surface area contributed by atoms with Gasteiger partial charge in [-0.2, -0.15) is 0 Å². The molecule has 0 saturated carbocycles. The van der Waals surface area contributed by atoms with Gasteiger partial charge in [-0.3, -0.25) is 0 Å². The van der Waals surface area contributed by atoms with Gasteiger partial charge >= 0.3 is 0 Å². The molecule has 0 spiro atoms. The number of hydrogen-bond donors (Lipinski definition) is 0. The number of hydrogen-bond acceptors (Lipinski definition) is 0. The van der Waals surface area contributed by atoms with Crippen LogP contribution < -0.4 is 0 Å². The summed E-state index contributed by atoms with van der Waals surface area (Å²) in [6.45, 7) is 16.3. The Morgan fingerprint density at radius 1 is 0.500 bits per heavy atom. The molecule has 0 aromatic rings. The Hall–Kier alpha value is -0.606. The van der Waals surface area contributed by atoms with Gasteiger partial charge in [-0.05, 0) is 0 Å². The van der Waals surface area contributed by atoms with E-state index in [1.807, 2.05) is 0 Å². The zero-order valence-electron chi connectivity index (χ0n) is 11.8. The van der Waals surface area contributed by atoms with Gasteiger partial charge in [0.25, 0.3) is 0 Å². The summed E-state index contributed by atoms with van der Waals surface area (Å²) in [5.74, 6) is 0. The minimum absolute atomic E-state index is 1.33. The zero-order chi connectivity index (χ0) is 13.5. The average Bonchev–Trinajstić information content (AvgIpc) is 2.44. The lowest BCUT2D eigenvalue weighted by Crippen LogP contribution is -2.33. The molecule has 1 aliphatic heterocycles. The summed E-state index contributed by atoms with van der Waals surface area (Å²) >= 11 is 0. The molecule has 0 atom stereocenters. The van der Waals surface area contributed by atoms with E-state index in [2.05, 4.69) is 49.1 Å². The summed E-state index contributed by atoms with van der Waals surface area (Å²) < 4.78 is 0. The van der Waals surface area contributed by atoms with Crippen LogP contribution >= 0.6 is 0 Å². The molecule has 0 amide bonds. The molecular formula is C16H28Si2. The Balaban J connectivity index is 2.71. The predicted molar refractivity (Wildman–Crippen MR) is 90.0 cm³/mol. The fraction of sp³-hybridized carbons (Fsp3) is 0.500. The van der Waals surface area contributed by atoms with E-state index in [0.717, 1.165) is 0 Å². The van der Waals surface area contributed by atoms with Crippen molar-refractivity contribution < 1.29 is 0 Å². The molecule has 0 N–H and O–H groups in total. The van der Waals surface area contributed by atoms with E-state index in [4.69, 9.17) is 0 Å². The topological polar surface area (TPSA) is 0 Å². The van der Waals surface area contributed by atoms with Gasteiger partial charge < -0.3 is 0 Å². The molecule has 0 unspecified atom stereocenters. The van der Waals surface area contributed by atoms with Crippen LogP contribution in [0.25, 0.3) is 0 Å². The van der Waals surface area contributed by atoms with E-state index >= 15 is 0 Å². The Morgan fingerprint density at radius 3 is 0.889 bits per heavy atom. The van der Waals surface area contributed by atoms with E-state index in [1.54, 1.807) is 0 Å². The van der Waals surface area contributed by atoms with Gasteiger partial charge in [0.15, 0.2) is 0 Å². The SMILES string of the molecule is C=C[Si]1(C=C)CCCC[Si](C=C)(C=C)CCCC1. The first-order chi connectivity index (χ1) is 8.66. The lowest BCUT2D eigenvalue weighted by molar-refractivity contribution is 0.798. The molecule has 0 aliphatic carbocycles. The van der Waals surface area contributed by atoms with E-state index < -0.39 is 16.1 Å². The molecule has 1 rings (SSSR count). The van der Waals surface area contributed by atoms with Gasteiger partial charge in [0, 0.05) is 0 Å². The van der Waals surface area contributed by atoms with Crippen molar-refractivity contribution in [1.82, 2.24) is 0 Å². The van der Waals surface area contributed by atoms with Crippen molar-refractivity contribution in [2.75, 3.05) is 0 Å². The van der Waals surface area contributed by atoms with Crippen LogP contribution in [0, 0.1) is 0 Å². The highest BCUT2D eigenvalue weighted by Gasteiger charge is 2.29. The molecule has 100 valence electrons. The molecule has 0 nitrogen and oxygen atoms in total. The molecule has 2 heteroatoms. The molecule has 1 saturated heterocycles. The van der Waals surface area contributed by atoms with Crippen LogP contribution in [0.4, 0.5) is 0 Å². The van der Waals surface area contributed by atoms with Gasteiger partial charge in [-0.1, -0.05) is 72.7 Å². The van der Waals surface area contributed by atoms with Crippen molar-refractivity contribution in [2.45, 2.75) is 49.9 Å². The van der Waals surface area contributed by atoms with Crippen molar-refractivity contribution in [3.05, 3.63) is 49.1 Å². The fourth-order valence-corrected chi connectivity index (χ4v) is 9.15. The van der Waals surface area contributed by atoms with Crippen LogP contribution in [0.15, 0.2) is 49.1 Å². The summed E-state index contributed by atoms with van der Waals surface area (Å²) in [6.07, 6.45) is 5.34. The molecule has 0 radical (unpaired) electrons. The van der Waals surface area contributed by atoms with Crippen LogP contribution in [0.2, 0.25) is 24.2 Å². The van der Waals surface area contributed by atoms with Crippen molar-refractivity contribution >= 4 is 16.1 Å². The Bertz CT molecular complexity index is 253. The molecule has 0 aromatic carbocycles. The van der Waals surface area contributed by atoms with Crippen molar-refractivity contribution in [3.63, 3.8) is 0 Å². The van der Waals surface area contributed by atoms with Crippen LogP contribution in [-0.4, -0.2) is 16.1 Å². The monoisotopic (exact) mass is 276 g/mol. The van der Waals surface area contributed by atoms with E-state index in [9.17, 15) is 0 Å². The number of rotatable bonds is 4. The fourth-order valence-electron chi connectivity index (χ4n) is 3.05. The minimum atomic E-state index is -1.34. The third-order valence-corrected chi connectivity index (χ3v) is 13.1. The largest absolute Gasteiger partial charge is 0.107 e. The summed E-state index contributed by atoms with van der Waals surface area (Å²) in [4.78, 5) is 0. The second-order valence-corrected chi connectivity index (χ2v) is 14.3. The molecule has 1 fully saturated rings. The third kappa shape index (κ3) is 3.69. The van der Waals surface area contributed by atoms with Gasteiger partial charge in [-0.25, -0.2) is 0 Å². The zero-order valence-corrected chi connectivity index (χ0v) is 13.8. The Labute approximate surface area is 115 Å². The van der Waals surface area contributed by atoms with E-state index in [1.165, 1.54) is 49.9 Å². The van der Waals surface area contributed by atoms with Gasteiger partial charge in [0.05, 0.1) is 0 Å². The van der Waals surface area contributed by atoms with Crippen molar-refractivity contribution in [1.29, 1.82) is 0 Å². The summed E-state index contributed by atoms with van der Waals surface area (Å²) in [6, 6.07) is 5.38. The first kappa shape index (κ1) is 15.5. The molecule has 0 aromatic heterocycles. The van der Waals surface area contributed by atoms with Crippen LogP contribution in [-0.2, 0) is 0 Å². The standard InChI is InChI=1S/C16H28Si2/c1-5-17(6-2)13-9-11-15-18(7-3,8-4)16-12-10-14-17/h5-8H,1-4,9-16H2. The van der Waals surface area contributed by atoms with Gasteiger partial charge in [0.1, 0.15) is 16.1 Å². The lowest BCUT2D eigenvalue weighted by atomic mass is 10.4. The van der Waals surface area contributed by atoms with Gasteiger partial charge in [0.2, 0.25) is 0 Å². The first-order valence-electron chi connectivity index (χ1n) is 7.20. The second-order valence-electron chi connectivity index (χ2n) is 5.70. The molecule has 1 aliphatic rings. The van der Waals surface area contributed by atoms with E-state index in [-0.39, 0.29) is 0 Å². The maximum atomic E-state index is 4.08. The second kappa shape index (κ2) is 7.10. The third-order valence-electron chi connectivity index (χ3n) is 4.70. The minimum Gasteiger partial charge on any atom is -0.107 e. The van der Waals surface area contributed by atoms with Crippen molar-refractivity contribution in [2.24, 2.45) is 0 Å². The van der Waals surface area contributed by atoms with Crippen LogP contribution in [0.5, 0.6) is 0 Å². The maximum absolute atomic E-state index is 4.08. The van der Waals surface area contributed by atoms with Gasteiger partial charge in [-0.15, -0.1) is 26.3 Å². The quantitative estimate of drug-likeness (QED) is 0.606. The highest BCUT2D eigenvalue weighted by molar-refractivity contribution is 6.89. The summed E-state index contributed by atoms with van der Waals surface area (Å²) in [5, 5.41) is 0. The predicted octanol–water partition coefficient (Wildman–Crippen LogP) is 5.36. The first-order valence-corrected chi connectivity index (χ1v) is 12.3. The Morgan fingerprint density at radius 2 is 0.722 bits per heavy atom. The van der Waals surface area contributed by atoms with Crippen molar-refractivity contribution in [3.8, 4) is 0 Å². The van der Waals surface area contributed by atoms with Crippen LogP contribution in [0.3, 0.4) is 0 Å². The Kier molecular flexibility index (Phi) is 6.09. The lowest BCUT2D eigenvalue weighted by Gasteiger charge is -2.30. The molecular weight excluding hydrogens is 248 g/mol. The molecule has 0 bridgehead atoms. The highest BCUT2D eigenvalue weighted by Crippen LogP contribution is 2.31. The molecule has 1 heterocycles. The molecule has 18 heavy (non-hydrogen) atoms.